The number of carboxylic acids is 1. The van der Waals surface area contributed by atoms with Gasteiger partial charge in [0.25, 0.3) is 5.24 Å². The van der Waals surface area contributed by atoms with Crippen LogP contribution in [0.2, 0.25) is 0 Å². The zero-order valence-corrected chi connectivity index (χ0v) is 11.0. The Labute approximate surface area is 112 Å². The SMILES string of the molecule is O=C(O)CSCC(=O)NCCN1C(=O)CSC1=O. The van der Waals surface area contributed by atoms with E-state index < -0.39 is 5.97 Å². The van der Waals surface area contributed by atoms with Crippen LogP contribution < -0.4 is 5.32 Å². The number of amides is 3. The number of hydrogen-bond acceptors (Lipinski definition) is 6. The number of thioether (sulfide) groups is 2. The van der Waals surface area contributed by atoms with Crippen LogP contribution in [-0.2, 0) is 14.4 Å². The van der Waals surface area contributed by atoms with Gasteiger partial charge in [0.05, 0.1) is 17.3 Å². The standard InChI is InChI=1S/C9H12N2O5S2/c12-6(3-17-5-8(14)15)10-1-2-11-7(13)4-18-9(11)16/h1-5H2,(H,10,12)(H,14,15). The third kappa shape index (κ3) is 4.96. The molecule has 18 heavy (non-hydrogen) atoms. The van der Waals surface area contributed by atoms with Gasteiger partial charge in [0.15, 0.2) is 0 Å². The Bertz CT molecular complexity index is 358. The molecule has 100 valence electrons. The molecule has 0 unspecified atom stereocenters. The molecule has 9 heteroatoms. The molecule has 1 saturated heterocycles. The number of carboxylic acid groups (broad SMARTS) is 1. The molecule has 3 amide bonds. The summed E-state index contributed by atoms with van der Waals surface area (Å²) in [6, 6.07) is 0. The van der Waals surface area contributed by atoms with Gasteiger partial charge in [-0.1, -0.05) is 11.8 Å². The summed E-state index contributed by atoms with van der Waals surface area (Å²) in [5.74, 6) is -1.47. The number of carbonyl (C=O) groups excluding carboxylic acids is 3. The number of imide groups is 1. The second kappa shape index (κ2) is 7.27. The minimum atomic E-state index is -0.974. The maximum absolute atomic E-state index is 11.2. The van der Waals surface area contributed by atoms with Crippen molar-refractivity contribution in [2.45, 2.75) is 0 Å². The largest absolute Gasteiger partial charge is 0.481 e. The van der Waals surface area contributed by atoms with Gasteiger partial charge in [0.2, 0.25) is 11.8 Å². The molecule has 1 aliphatic heterocycles. The number of carbonyl (C=O) groups is 4. The van der Waals surface area contributed by atoms with Crippen LogP contribution in [0.25, 0.3) is 0 Å². The third-order valence-corrected chi connectivity index (χ3v) is 3.73. The molecule has 0 aromatic heterocycles. The van der Waals surface area contributed by atoms with Gasteiger partial charge >= 0.3 is 5.97 Å². The highest BCUT2D eigenvalue weighted by Gasteiger charge is 2.29. The minimum absolute atomic E-state index is 0.0446. The molecular formula is C9H12N2O5S2. The van der Waals surface area contributed by atoms with E-state index in [4.69, 9.17) is 5.11 Å². The summed E-state index contributed by atoms with van der Waals surface area (Å²) >= 11 is 1.93. The Morgan fingerprint density at radius 3 is 2.67 bits per heavy atom. The highest BCUT2D eigenvalue weighted by molar-refractivity contribution is 8.14. The van der Waals surface area contributed by atoms with Crippen molar-refractivity contribution in [3.63, 3.8) is 0 Å². The second-order valence-electron chi connectivity index (χ2n) is 3.34. The summed E-state index contributed by atoms with van der Waals surface area (Å²) in [4.78, 5) is 44.9. The van der Waals surface area contributed by atoms with E-state index in [1.807, 2.05) is 0 Å². The maximum Gasteiger partial charge on any atom is 0.313 e. The predicted octanol–water partition coefficient (Wildman–Crippen LogP) is -0.384. The van der Waals surface area contributed by atoms with Crippen molar-refractivity contribution in [1.82, 2.24) is 10.2 Å². The van der Waals surface area contributed by atoms with Gasteiger partial charge in [-0.25, -0.2) is 0 Å². The van der Waals surface area contributed by atoms with Crippen LogP contribution in [0.3, 0.4) is 0 Å². The lowest BCUT2D eigenvalue weighted by atomic mass is 10.5. The number of hydrogen-bond donors (Lipinski definition) is 2. The van der Waals surface area contributed by atoms with E-state index >= 15 is 0 Å². The van der Waals surface area contributed by atoms with Crippen LogP contribution in [0.5, 0.6) is 0 Å². The minimum Gasteiger partial charge on any atom is -0.481 e. The Balaban J connectivity index is 2.13. The highest BCUT2D eigenvalue weighted by Crippen LogP contribution is 2.17. The van der Waals surface area contributed by atoms with Gasteiger partial charge in [0.1, 0.15) is 0 Å². The first-order chi connectivity index (χ1) is 8.50. The molecule has 0 saturated carbocycles. The lowest BCUT2D eigenvalue weighted by Gasteiger charge is -2.12. The summed E-state index contributed by atoms with van der Waals surface area (Å²) in [7, 11) is 0. The molecule has 2 N–H and O–H groups in total. The average molecular weight is 292 g/mol. The van der Waals surface area contributed by atoms with Crippen molar-refractivity contribution < 1.29 is 24.3 Å². The fourth-order valence-electron chi connectivity index (χ4n) is 1.19. The van der Waals surface area contributed by atoms with Gasteiger partial charge in [0, 0.05) is 13.1 Å². The van der Waals surface area contributed by atoms with Gasteiger partial charge in [-0.15, -0.1) is 11.8 Å². The van der Waals surface area contributed by atoms with E-state index in [-0.39, 0.29) is 47.4 Å². The highest BCUT2D eigenvalue weighted by atomic mass is 32.2. The smallest absolute Gasteiger partial charge is 0.313 e. The summed E-state index contributed by atoms with van der Waals surface area (Å²) in [6.07, 6.45) is 0. The summed E-state index contributed by atoms with van der Waals surface area (Å²) in [6.45, 7) is 0.338. The van der Waals surface area contributed by atoms with E-state index in [0.717, 1.165) is 28.4 Å². The van der Waals surface area contributed by atoms with Crippen LogP contribution in [0.4, 0.5) is 4.79 Å². The number of nitrogens with zero attached hydrogens (tertiary/aromatic N) is 1. The third-order valence-electron chi connectivity index (χ3n) is 1.96. The lowest BCUT2D eigenvalue weighted by molar-refractivity contribution is -0.134. The van der Waals surface area contributed by atoms with E-state index in [9.17, 15) is 19.2 Å². The molecule has 0 aromatic rings. The number of aliphatic carboxylic acids is 1. The molecule has 0 atom stereocenters. The molecule has 0 aromatic carbocycles. The quantitative estimate of drug-likeness (QED) is 0.659. The molecule has 0 spiro atoms. The zero-order valence-electron chi connectivity index (χ0n) is 9.38. The van der Waals surface area contributed by atoms with Gasteiger partial charge < -0.3 is 10.4 Å². The first kappa shape index (κ1) is 14.8. The molecule has 7 nitrogen and oxygen atoms in total. The Morgan fingerprint density at radius 1 is 1.39 bits per heavy atom. The van der Waals surface area contributed by atoms with Gasteiger partial charge in [-0.3, -0.25) is 24.1 Å². The average Bonchev–Trinajstić information content (AvgIpc) is 2.60. The van der Waals surface area contributed by atoms with Crippen molar-refractivity contribution in [2.24, 2.45) is 0 Å². The first-order valence-corrected chi connectivity index (χ1v) is 7.18. The number of nitrogens with one attached hydrogen (secondary N) is 1. The molecule has 0 radical (unpaired) electrons. The van der Waals surface area contributed by atoms with Crippen molar-refractivity contribution in [1.29, 1.82) is 0 Å². The van der Waals surface area contributed by atoms with Crippen LogP contribution in [0.15, 0.2) is 0 Å². The fourth-order valence-corrected chi connectivity index (χ4v) is 2.50. The summed E-state index contributed by atoms with van der Waals surface area (Å²) in [5.41, 5.74) is 0. The van der Waals surface area contributed by atoms with Crippen molar-refractivity contribution in [3.05, 3.63) is 0 Å². The van der Waals surface area contributed by atoms with Crippen molar-refractivity contribution in [2.75, 3.05) is 30.3 Å². The molecule has 1 rings (SSSR count). The second-order valence-corrected chi connectivity index (χ2v) is 5.25. The summed E-state index contributed by atoms with van der Waals surface area (Å²) in [5, 5.41) is 10.6. The lowest BCUT2D eigenvalue weighted by Crippen LogP contribution is -2.38. The molecule has 1 aliphatic rings. The Morgan fingerprint density at radius 2 is 2.11 bits per heavy atom. The molecular weight excluding hydrogens is 280 g/mol. The van der Waals surface area contributed by atoms with Crippen LogP contribution in [0.1, 0.15) is 0 Å². The van der Waals surface area contributed by atoms with Gasteiger partial charge in [-0.2, -0.15) is 0 Å². The van der Waals surface area contributed by atoms with E-state index in [2.05, 4.69) is 5.32 Å². The molecule has 0 aliphatic carbocycles. The maximum atomic E-state index is 11.2. The van der Waals surface area contributed by atoms with Crippen LogP contribution in [-0.4, -0.2) is 63.4 Å². The summed E-state index contributed by atoms with van der Waals surface area (Å²) < 4.78 is 0. The van der Waals surface area contributed by atoms with Crippen LogP contribution >= 0.6 is 23.5 Å². The monoisotopic (exact) mass is 292 g/mol. The molecule has 1 heterocycles. The topological polar surface area (TPSA) is 104 Å². The zero-order chi connectivity index (χ0) is 13.5. The predicted molar refractivity (Wildman–Crippen MR) is 67.5 cm³/mol. The van der Waals surface area contributed by atoms with Crippen molar-refractivity contribution >= 4 is 46.5 Å². The van der Waals surface area contributed by atoms with Gasteiger partial charge in [-0.05, 0) is 0 Å². The van der Waals surface area contributed by atoms with Crippen LogP contribution in [0, 0.1) is 0 Å². The molecule has 0 bridgehead atoms. The van der Waals surface area contributed by atoms with E-state index in [0.29, 0.717) is 0 Å². The van der Waals surface area contributed by atoms with Crippen molar-refractivity contribution in [3.8, 4) is 0 Å². The fraction of sp³-hybridized carbons (Fsp3) is 0.556. The van der Waals surface area contributed by atoms with E-state index in [1.165, 1.54) is 0 Å². The van der Waals surface area contributed by atoms with E-state index in [1.54, 1.807) is 0 Å². The number of rotatable bonds is 7. The first-order valence-electron chi connectivity index (χ1n) is 5.04. The normalized spacial score (nSPS) is 15.0. The Hall–Kier alpha value is -1.22. The molecule has 1 fully saturated rings. The Kier molecular flexibility index (Phi) is 5.99.